The molecule has 0 bridgehead atoms. The van der Waals surface area contributed by atoms with Crippen molar-refractivity contribution in [3.8, 4) is 11.5 Å². The molecule has 4 rings (SSSR count). The molecule has 0 spiro atoms. The monoisotopic (exact) mass is 450 g/mol. The fraction of sp³-hybridized carbons (Fsp3) is 0.500. The first-order valence-electron chi connectivity index (χ1n) is 10.3. The third-order valence-electron chi connectivity index (χ3n) is 5.76. The third kappa shape index (κ3) is 3.74. The normalized spacial score (nSPS) is 29.6. The SMILES string of the molecule is CCOC(=O)[C@@H]1C=Cc2c(c(O[C@@H]3O[C@H](CO)[C@@H](O)[C@H](O)[C@H]3O)c(OC)c3occc23)C1. The fourth-order valence-electron chi connectivity index (χ4n) is 4.12. The predicted octanol–water partition coefficient (Wildman–Crippen LogP) is 0.369. The molecule has 1 fully saturated rings. The summed E-state index contributed by atoms with van der Waals surface area (Å²) in [5.74, 6) is -0.570. The van der Waals surface area contributed by atoms with Crippen LogP contribution >= 0.6 is 0 Å². The Morgan fingerprint density at radius 3 is 2.66 bits per heavy atom. The minimum atomic E-state index is -1.61. The molecule has 2 aliphatic rings. The molecular weight excluding hydrogens is 424 g/mol. The maximum atomic E-state index is 12.4. The molecule has 4 N–H and O–H groups in total. The highest BCUT2D eigenvalue weighted by molar-refractivity contribution is 5.97. The number of hydrogen-bond acceptors (Lipinski definition) is 10. The van der Waals surface area contributed by atoms with E-state index in [1.807, 2.05) is 0 Å². The van der Waals surface area contributed by atoms with Crippen LogP contribution in [0.15, 0.2) is 22.8 Å². The summed E-state index contributed by atoms with van der Waals surface area (Å²) in [6.45, 7) is 1.38. The summed E-state index contributed by atoms with van der Waals surface area (Å²) in [4.78, 5) is 12.4. The Morgan fingerprint density at radius 2 is 1.97 bits per heavy atom. The Bertz CT molecular complexity index is 1010. The van der Waals surface area contributed by atoms with Crippen molar-refractivity contribution < 1.29 is 48.6 Å². The van der Waals surface area contributed by atoms with Gasteiger partial charge in [-0.2, -0.15) is 0 Å². The lowest BCUT2D eigenvalue weighted by Crippen LogP contribution is -2.60. The van der Waals surface area contributed by atoms with Crippen molar-refractivity contribution in [3.05, 3.63) is 29.5 Å². The van der Waals surface area contributed by atoms with Crippen LogP contribution in [0.5, 0.6) is 11.5 Å². The minimum Gasteiger partial charge on any atom is -0.490 e. The lowest BCUT2D eigenvalue weighted by molar-refractivity contribution is -0.277. The van der Waals surface area contributed by atoms with E-state index in [9.17, 15) is 25.2 Å². The number of hydrogen-bond donors (Lipinski definition) is 4. The highest BCUT2D eigenvalue weighted by Gasteiger charge is 2.45. The number of benzene rings is 1. The Hall–Kier alpha value is -2.63. The standard InChI is InChI=1S/C22H26O10/c1-3-29-21(27)10-4-5-11-12-6-7-30-18(12)20(28-2)19(13(11)8-10)32-22-17(26)16(25)15(24)14(9-23)31-22/h4-7,10,14-17,22-26H,3,8-9H2,1-2H3/t10-,14-,15-,16+,17-,22+/m1/s1. The molecule has 0 amide bonds. The van der Waals surface area contributed by atoms with Crippen molar-refractivity contribution >= 4 is 23.0 Å². The van der Waals surface area contributed by atoms with Gasteiger partial charge >= 0.3 is 5.97 Å². The van der Waals surface area contributed by atoms with E-state index in [0.29, 0.717) is 11.1 Å². The number of furan rings is 1. The first-order valence-corrected chi connectivity index (χ1v) is 10.3. The van der Waals surface area contributed by atoms with Gasteiger partial charge < -0.3 is 43.8 Å². The fourth-order valence-corrected chi connectivity index (χ4v) is 4.12. The molecule has 2 heterocycles. The third-order valence-corrected chi connectivity index (χ3v) is 5.76. The number of aliphatic hydroxyl groups excluding tert-OH is 4. The van der Waals surface area contributed by atoms with Gasteiger partial charge in [-0.1, -0.05) is 12.2 Å². The highest BCUT2D eigenvalue weighted by Crippen LogP contribution is 2.46. The van der Waals surface area contributed by atoms with Crippen LogP contribution in [0.25, 0.3) is 17.0 Å². The van der Waals surface area contributed by atoms with Gasteiger partial charge in [0, 0.05) is 10.9 Å². The van der Waals surface area contributed by atoms with E-state index in [1.54, 1.807) is 25.1 Å². The van der Waals surface area contributed by atoms with E-state index < -0.39 is 43.2 Å². The summed E-state index contributed by atoms with van der Waals surface area (Å²) < 4.78 is 27.8. The van der Waals surface area contributed by atoms with Crippen molar-refractivity contribution in [2.75, 3.05) is 20.3 Å². The number of methoxy groups -OCH3 is 1. The maximum absolute atomic E-state index is 12.4. The molecular formula is C22H26O10. The van der Waals surface area contributed by atoms with E-state index in [4.69, 9.17) is 23.4 Å². The van der Waals surface area contributed by atoms with Gasteiger partial charge in [0.1, 0.15) is 24.4 Å². The maximum Gasteiger partial charge on any atom is 0.313 e. The molecule has 32 heavy (non-hydrogen) atoms. The summed E-state index contributed by atoms with van der Waals surface area (Å²) in [5, 5.41) is 40.8. The Kier molecular flexibility index (Phi) is 6.40. The number of aliphatic hydroxyl groups is 4. The first kappa shape index (κ1) is 22.6. The van der Waals surface area contributed by atoms with E-state index in [1.165, 1.54) is 13.4 Å². The highest BCUT2D eigenvalue weighted by atomic mass is 16.7. The van der Waals surface area contributed by atoms with Crippen LogP contribution in [0.3, 0.4) is 0 Å². The molecule has 10 nitrogen and oxygen atoms in total. The number of carbonyl (C=O) groups is 1. The molecule has 174 valence electrons. The minimum absolute atomic E-state index is 0.160. The molecule has 0 radical (unpaired) electrons. The van der Waals surface area contributed by atoms with Gasteiger partial charge in [-0.05, 0) is 25.0 Å². The smallest absolute Gasteiger partial charge is 0.313 e. The predicted molar refractivity (Wildman–Crippen MR) is 110 cm³/mol. The molecule has 0 unspecified atom stereocenters. The van der Waals surface area contributed by atoms with E-state index in [0.717, 1.165) is 10.9 Å². The van der Waals surface area contributed by atoms with Crippen molar-refractivity contribution in [2.45, 2.75) is 44.1 Å². The average molecular weight is 450 g/mol. The van der Waals surface area contributed by atoms with Crippen LogP contribution in [-0.4, -0.2) is 77.4 Å². The van der Waals surface area contributed by atoms with Gasteiger partial charge in [-0.15, -0.1) is 0 Å². The van der Waals surface area contributed by atoms with Gasteiger partial charge in [0.25, 0.3) is 0 Å². The summed E-state index contributed by atoms with van der Waals surface area (Å²) in [5.41, 5.74) is 1.74. The summed E-state index contributed by atoms with van der Waals surface area (Å²) in [6, 6.07) is 1.77. The Morgan fingerprint density at radius 1 is 1.19 bits per heavy atom. The first-order chi connectivity index (χ1) is 15.4. The molecule has 10 heteroatoms. The van der Waals surface area contributed by atoms with Crippen molar-refractivity contribution in [1.29, 1.82) is 0 Å². The van der Waals surface area contributed by atoms with Gasteiger partial charge in [0.05, 0.1) is 32.5 Å². The quantitative estimate of drug-likeness (QED) is 0.455. The number of esters is 1. The topological polar surface area (TPSA) is 148 Å². The van der Waals surface area contributed by atoms with Crippen LogP contribution in [-0.2, 0) is 20.7 Å². The molecule has 1 aliphatic heterocycles. The Labute approximate surface area is 183 Å². The van der Waals surface area contributed by atoms with Crippen LogP contribution in [0.4, 0.5) is 0 Å². The zero-order valence-corrected chi connectivity index (χ0v) is 17.6. The average Bonchev–Trinajstić information content (AvgIpc) is 3.29. The molecule has 1 aromatic heterocycles. The number of rotatable bonds is 6. The van der Waals surface area contributed by atoms with Crippen molar-refractivity contribution in [1.82, 2.24) is 0 Å². The lowest BCUT2D eigenvalue weighted by atomic mass is 9.87. The van der Waals surface area contributed by atoms with E-state index in [2.05, 4.69) is 0 Å². The van der Waals surface area contributed by atoms with Crippen LogP contribution in [0.2, 0.25) is 0 Å². The van der Waals surface area contributed by atoms with E-state index in [-0.39, 0.29) is 30.5 Å². The summed E-state index contributed by atoms with van der Waals surface area (Å²) in [6.07, 6.45) is -2.05. The van der Waals surface area contributed by atoms with Gasteiger partial charge in [-0.3, -0.25) is 4.79 Å². The number of ether oxygens (including phenoxy) is 4. The second-order valence-electron chi connectivity index (χ2n) is 7.65. The lowest BCUT2D eigenvalue weighted by Gasteiger charge is -2.40. The number of fused-ring (bicyclic) bond motifs is 3. The van der Waals surface area contributed by atoms with Gasteiger partial charge in [0.2, 0.25) is 12.0 Å². The molecule has 2 aromatic rings. The largest absolute Gasteiger partial charge is 0.490 e. The van der Waals surface area contributed by atoms with E-state index >= 15 is 0 Å². The molecule has 1 saturated heterocycles. The zero-order valence-electron chi connectivity index (χ0n) is 17.6. The summed E-state index contributed by atoms with van der Waals surface area (Å²) >= 11 is 0. The summed E-state index contributed by atoms with van der Waals surface area (Å²) in [7, 11) is 1.42. The Balaban J connectivity index is 1.78. The van der Waals surface area contributed by atoms with Gasteiger partial charge in [0.15, 0.2) is 11.3 Å². The number of carbonyl (C=O) groups excluding carboxylic acids is 1. The van der Waals surface area contributed by atoms with Gasteiger partial charge in [-0.25, -0.2) is 0 Å². The van der Waals surface area contributed by atoms with Crippen LogP contribution in [0.1, 0.15) is 18.1 Å². The zero-order chi connectivity index (χ0) is 23.0. The van der Waals surface area contributed by atoms with Crippen molar-refractivity contribution in [2.24, 2.45) is 5.92 Å². The second kappa shape index (κ2) is 9.08. The molecule has 6 atom stereocenters. The van der Waals surface area contributed by atoms with Crippen LogP contribution < -0.4 is 9.47 Å². The molecule has 0 saturated carbocycles. The second-order valence-corrected chi connectivity index (χ2v) is 7.65. The molecule has 1 aromatic carbocycles. The molecule has 1 aliphatic carbocycles. The van der Waals surface area contributed by atoms with Crippen LogP contribution in [0, 0.1) is 5.92 Å². The van der Waals surface area contributed by atoms with Crippen molar-refractivity contribution in [3.63, 3.8) is 0 Å².